The van der Waals surface area contributed by atoms with E-state index in [1.807, 2.05) is 6.92 Å². The number of aliphatic hydroxyl groups excluding tert-OH is 1. The standard InChI is InChI=1S/C14H20N4O3/c1-2-5-11(19)10-15-13(20)7-9-18-14(21)17-8-4-3-6-12(17)16-18/h3-4,6,8,11,19H,2,5,7,9-10H2,1H3,(H,15,20). The number of aromatic nitrogens is 3. The Morgan fingerprint density at radius 1 is 1.48 bits per heavy atom. The molecule has 0 saturated carbocycles. The largest absolute Gasteiger partial charge is 0.391 e. The van der Waals surface area contributed by atoms with Crippen molar-refractivity contribution in [3.8, 4) is 0 Å². The first-order valence-electron chi connectivity index (χ1n) is 7.10. The van der Waals surface area contributed by atoms with E-state index in [0.717, 1.165) is 6.42 Å². The molecule has 2 aromatic heterocycles. The summed E-state index contributed by atoms with van der Waals surface area (Å²) in [6, 6.07) is 5.29. The van der Waals surface area contributed by atoms with E-state index in [0.29, 0.717) is 12.1 Å². The highest BCUT2D eigenvalue weighted by molar-refractivity contribution is 5.75. The predicted octanol–water partition coefficient (Wildman–Crippen LogP) is 0.163. The van der Waals surface area contributed by atoms with Crippen LogP contribution < -0.4 is 11.0 Å². The van der Waals surface area contributed by atoms with Crippen LogP contribution in [-0.2, 0) is 11.3 Å². The summed E-state index contributed by atoms with van der Waals surface area (Å²) in [4.78, 5) is 23.7. The minimum Gasteiger partial charge on any atom is -0.391 e. The minimum atomic E-state index is -0.517. The summed E-state index contributed by atoms with van der Waals surface area (Å²) >= 11 is 0. The minimum absolute atomic E-state index is 0.155. The average Bonchev–Trinajstić information content (AvgIpc) is 2.80. The smallest absolute Gasteiger partial charge is 0.350 e. The third-order valence-electron chi connectivity index (χ3n) is 3.20. The number of nitrogens with one attached hydrogen (secondary N) is 1. The van der Waals surface area contributed by atoms with Gasteiger partial charge in [0.1, 0.15) is 0 Å². The second-order valence-corrected chi connectivity index (χ2v) is 4.93. The normalized spacial score (nSPS) is 12.5. The van der Waals surface area contributed by atoms with Gasteiger partial charge in [0.2, 0.25) is 5.91 Å². The zero-order valence-electron chi connectivity index (χ0n) is 12.0. The Kier molecular flexibility index (Phi) is 5.10. The van der Waals surface area contributed by atoms with E-state index in [1.54, 1.807) is 24.4 Å². The Hall–Kier alpha value is -2.15. The number of nitrogens with zero attached hydrogens (tertiary/aromatic N) is 3. The van der Waals surface area contributed by atoms with Crippen molar-refractivity contribution in [3.63, 3.8) is 0 Å². The van der Waals surface area contributed by atoms with E-state index in [1.165, 1.54) is 9.08 Å². The van der Waals surface area contributed by atoms with Crippen LogP contribution in [-0.4, -0.2) is 37.8 Å². The molecule has 2 N–H and O–H groups in total. The Labute approximate surface area is 122 Å². The SMILES string of the molecule is CCCC(O)CNC(=O)CCn1nc2ccccn2c1=O. The molecule has 114 valence electrons. The quantitative estimate of drug-likeness (QED) is 0.761. The molecule has 0 aliphatic heterocycles. The van der Waals surface area contributed by atoms with Crippen LogP contribution in [0.25, 0.3) is 5.65 Å². The fourth-order valence-corrected chi connectivity index (χ4v) is 2.08. The van der Waals surface area contributed by atoms with E-state index in [2.05, 4.69) is 10.4 Å². The van der Waals surface area contributed by atoms with E-state index >= 15 is 0 Å². The van der Waals surface area contributed by atoms with Crippen LogP contribution in [0.5, 0.6) is 0 Å². The van der Waals surface area contributed by atoms with Gasteiger partial charge in [0, 0.05) is 19.2 Å². The van der Waals surface area contributed by atoms with Gasteiger partial charge >= 0.3 is 5.69 Å². The van der Waals surface area contributed by atoms with Gasteiger partial charge in [0.05, 0.1) is 12.6 Å². The summed E-state index contributed by atoms with van der Waals surface area (Å²) in [5.41, 5.74) is 0.297. The van der Waals surface area contributed by atoms with Gasteiger partial charge < -0.3 is 10.4 Å². The zero-order chi connectivity index (χ0) is 15.2. The Morgan fingerprint density at radius 3 is 3.00 bits per heavy atom. The van der Waals surface area contributed by atoms with Crippen molar-refractivity contribution in [2.45, 2.75) is 38.8 Å². The Morgan fingerprint density at radius 2 is 2.29 bits per heavy atom. The Balaban J connectivity index is 1.88. The molecule has 0 radical (unpaired) electrons. The molecule has 0 bridgehead atoms. The fraction of sp³-hybridized carbons (Fsp3) is 0.500. The second-order valence-electron chi connectivity index (χ2n) is 4.93. The maximum atomic E-state index is 12.0. The number of aliphatic hydroxyl groups is 1. The monoisotopic (exact) mass is 292 g/mol. The molecule has 0 aliphatic rings. The Bertz CT molecular complexity index is 662. The number of hydrogen-bond donors (Lipinski definition) is 2. The van der Waals surface area contributed by atoms with Crippen molar-refractivity contribution in [2.24, 2.45) is 0 Å². The van der Waals surface area contributed by atoms with Crippen molar-refractivity contribution in [2.75, 3.05) is 6.54 Å². The van der Waals surface area contributed by atoms with Crippen LogP contribution in [0.2, 0.25) is 0 Å². The van der Waals surface area contributed by atoms with Crippen LogP contribution in [0.3, 0.4) is 0 Å². The highest BCUT2D eigenvalue weighted by Crippen LogP contribution is 1.97. The number of carbonyl (C=O) groups excluding carboxylic acids is 1. The van der Waals surface area contributed by atoms with Gasteiger partial charge in [-0.3, -0.25) is 9.20 Å². The highest BCUT2D eigenvalue weighted by Gasteiger charge is 2.09. The van der Waals surface area contributed by atoms with E-state index in [-0.39, 0.29) is 31.1 Å². The second kappa shape index (κ2) is 7.03. The topological polar surface area (TPSA) is 88.6 Å². The van der Waals surface area contributed by atoms with Gasteiger partial charge in [-0.25, -0.2) is 9.48 Å². The van der Waals surface area contributed by atoms with Crippen molar-refractivity contribution >= 4 is 11.6 Å². The molecule has 0 saturated heterocycles. The summed E-state index contributed by atoms with van der Waals surface area (Å²) in [5, 5.41) is 16.3. The van der Waals surface area contributed by atoms with Gasteiger partial charge in [-0.05, 0) is 18.6 Å². The number of aryl methyl sites for hydroxylation is 1. The van der Waals surface area contributed by atoms with Gasteiger partial charge in [-0.2, -0.15) is 0 Å². The van der Waals surface area contributed by atoms with E-state index in [4.69, 9.17) is 0 Å². The molecule has 0 aromatic carbocycles. The number of fused-ring (bicyclic) bond motifs is 1. The molecule has 1 unspecified atom stereocenters. The summed E-state index contributed by atoms with van der Waals surface area (Å²) in [6.45, 7) is 2.43. The molecular formula is C14H20N4O3. The predicted molar refractivity (Wildman–Crippen MR) is 78.0 cm³/mol. The highest BCUT2D eigenvalue weighted by atomic mass is 16.3. The van der Waals surface area contributed by atoms with E-state index in [9.17, 15) is 14.7 Å². The maximum Gasteiger partial charge on any atom is 0.350 e. The van der Waals surface area contributed by atoms with Crippen molar-refractivity contribution < 1.29 is 9.90 Å². The van der Waals surface area contributed by atoms with Gasteiger partial charge in [0.15, 0.2) is 5.65 Å². The zero-order valence-corrected chi connectivity index (χ0v) is 12.0. The lowest BCUT2D eigenvalue weighted by Gasteiger charge is -2.10. The number of pyridine rings is 1. The first-order chi connectivity index (χ1) is 10.1. The van der Waals surface area contributed by atoms with E-state index < -0.39 is 6.10 Å². The molecule has 1 amide bonds. The summed E-state index contributed by atoms with van der Waals surface area (Å²) in [7, 11) is 0. The number of rotatable bonds is 7. The van der Waals surface area contributed by atoms with Crippen LogP contribution in [0.15, 0.2) is 29.2 Å². The number of amides is 1. The summed E-state index contributed by atoms with van der Waals surface area (Å²) in [5.74, 6) is -0.200. The van der Waals surface area contributed by atoms with Crippen LogP contribution >= 0.6 is 0 Å². The fourth-order valence-electron chi connectivity index (χ4n) is 2.08. The maximum absolute atomic E-state index is 12.0. The molecule has 7 heteroatoms. The molecule has 0 spiro atoms. The lowest BCUT2D eigenvalue weighted by atomic mass is 10.2. The average molecular weight is 292 g/mol. The van der Waals surface area contributed by atoms with Crippen molar-refractivity contribution in [1.82, 2.24) is 19.5 Å². The molecular weight excluding hydrogens is 272 g/mol. The number of carbonyl (C=O) groups is 1. The third-order valence-corrected chi connectivity index (χ3v) is 3.20. The van der Waals surface area contributed by atoms with Crippen LogP contribution in [0.1, 0.15) is 26.2 Å². The van der Waals surface area contributed by atoms with Crippen molar-refractivity contribution in [1.29, 1.82) is 0 Å². The molecule has 7 nitrogen and oxygen atoms in total. The van der Waals surface area contributed by atoms with Crippen molar-refractivity contribution in [3.05, 3.63) is 34.9 Å². The molecule has 2 rings (SSSR count). The lowest BCUT2D eigenvalue weighted by molar-refractivity contribution is -0.121. The molecule has 2 aromatic rings. The first kappa shape index (κ1) is 15.2. The molecule has 21 heavy (non-hydrogen) atoms. The van der Waals surface area contributed by atoms with Crippen LogP contribution in [0.4, 0.5) is 0 Å². The first-order valence-corrected chi connectivity index (χ1v) is 7.10. The third kappa shape index (κ3) is 3.91. The van der Waals surface area contributed by atoms with Gasteiger partial charge in [-0.1, -0.05) is 19.4 Å². The van der Waals surface area contributed by atoms with Gasteiger partial charge in [0.25, 0.3) is 0 Å². The molecule has 0 fully saturated rings. The molecule has 0 aliphatic carbocycles. The molecule has 1 atom stereocenters. The molecule has 2 heterocycles. The lowest BCUT2D eigenvalue weighted by Crippen LogP contribution is -2.33. The van der Waals surface area contributed by atoms with Gasteiger partial charge in [-0.15, -0.1) is 5.10 Å². The summed E-state index contributed by atoms with van der Waals surface area (Å²) < 4.78 is 2.71. The summed E-state index contributed by atoms with van der Waals surface area (Å²) in [6.07, 6.45) is 2.81. The number of hydrogen-bond acceptors (Lipinski definition) is 4. The van der Waals surface area contributed by atoms with Crippen LogP contribution in [0, 0.1) is 0 Å².